The van der Waals surface area contributed by atoms with E-state index in [1.807, 2.05) is 33.0 Å². The quantitative estimate of drug-likeness (QED) is 0.451. The minimum absolute atomic E-state index is 0.107. The van der Waals surface area contributed by atoms with Crippen LogP contribution in [0, 0.1) is 5.82 Å². The van der Waals surface area contributed by atoms with Gasteiger partial charge < -0.3 is 19.5 Å². The first kappa shape index (κ1) is 21.7. The largest absolute Gasteiger partial charge is 0.477 e. The number of pyridine rings is 1. The Hall–Kier alpha value is -3.79. The third-order valence-electron chi connectivity index (χ3n) is 6.59. The van der Waals surface area contributed by atoms with E-state index in [-0.39, 0.29) is 17.0 Å². The zero-order valence-electron chi connectivity index (χ0n) is 18.7. The normalized spacial score (nSPS) is 16.1. The van der Waals surface area contributed by atoms with Crippen molar-refractivity contribution >= 4 is 39.8 Å². The van der Waals surface area contributed by atoms with E-state index in [4.69, 9.17) is 4.98 Å². The van der Waals surface area contributed by atoms with Gasteiger partial charge in [-0.15, -0.1) is 11.3 Å². The molecule has 1 N–H and O–H groups in total. The molecule has 1 saturated carbocycles. The molecular weight excluding hydrogens is 469 g/mol. The number of fused-ring (bicyclic) bond motifs is 1. The van der Waals surface area contributed by atoms with Gasteiger partial charge in [-0.3, -0.25) is 4.79 Å². The van der Waals surface area contributed by atoms with Gasteiger partial charge >= 0.3 is 5.97 Å². The maximum Gasteiger partial charge on any atom is 0.341 e. The van der Waals surface area contributed by atoms with Crippen molar-refractivity contribution in [3.8, 4) is 10.6 Å². The smallest absolute Gasteiger partial charge is 0.341 e. The number of benzene rings is 1. The monoisotopic (exact) mass is 491 g/mol. The van der Waals surface area contributed by atoms with E-state index in [0.29, 0.717) is 43.3 Å². The first-order chi connectivity index (χ1) is 17.0. The summed E-state index contributed by atoms with van der Waals surface area (Å²) in [5.41, 5.74) is 0.903. The van der Waals surface area contributed by atoms with E-state index in [2.05, 4.69) is 9.88 Å². The summed E-state index contributed by atoms with van der Waals surface area (Å²) in [6.45, 7) is 2.38. The van der Waals surface area contributed by atoms with E-state index in [9.17, 15) is 14.7 Å². The number of aromatic carboxylic acids is 1. The highest BCUT2D eigenvalue weighted by Crippen LogP contribution is 2.38. The molecule has 2 aliphatic rings. The topological polar surface area (TPSA) is 91.6 Å². The number of aromatic nitrogens is 3. The van der Waals surface area contributed by atoms with Crippen molar-refractivity contribution in [2.75, 3.05) is 36.0 Å². The van der Waals surface area contributed by atoms with Crippen molar-refractivity contribution in [3.63, 3.8) is 0 Å². The summed E-state index contributed by atoms with van der Waals surface area (Å²) in [5.74, 6) is -1.17. The van der Waals surface area contributed by atoms with E-state index in [1.54, 1.807) is 23.6 Å². The maximum absolute atomic E-state index is 15.2. The zero-order valence-corrected chi connectivity index (χ0v) is 19.5. The Bertz CT molecular complexity index is 1490. The number of thiophene rings is 1. The SMILES string of the molecule is O=C(O)c1cn(C2CC2)c2cc(N3CCN(c4nccc(-c5cccs5)n4)CC3)c(F)cc2c1=O. The first-order valence-corrected chi connectivity index (χ1v) is 12.4. The predicted molar refractivity (Wildman–Crippen MR) is 133 cm³/mol. The Labute approximate surface area is 203 Å². The van der Waals surface area contributed by atoms with Gasteiger partial charge in [0.1, 0.15) is 11.4 Å². The number of carboxylic acid groups (broad SMARTS) is 1. The van der Waals surface area contributed by atoms with Crippen LogP contribution in [0.2, 0.25) is 0 Å². The lowest BCUT2D eigenvalue weighted by molar-refractivity contribution is 0.0695. The molecule has 1 saturated heterocycles. The van der Waals surface area contributed by atoms with Crippen molar-refractivity contribution in [2.45, 2.75) is 18.9 Å². The second kappa shape index (κ2) is 8.46. The molecule has 178 valence electrons. The van der Waals surface area contributed by atoms with Crippen LogP contribution >= 0.6 is 11.3 Å². The number of anilines is 2. The minimum atomic E-state index is -1.29. The number of hydrogen-bond donors (Lipinski definition) is 1. The average molecular weight is 492 g/mol. The zero-order chi connectivity index (χ0) is 24.1. The van der Waals surface area contributed by atoms with Crippen molar-refractivity contribution in [1.82, 2.24) is 14.5 Å². The average Bonchev–Trinajstić information content (AvgIpc) is 3.56. The standard InChI is InChI=1S/C25H22FN5O3S/c26-18-12-16-20(31(15-3-4-15)14-17(23(16)32)24(33)34)13-21(18)29-7-9-30(10-8-29)25-27-6-5-19(28-25)22-2-1-11-35-22/h1-2,5-6,11-15H,3-4,7-10H2,(H,33,34). The summed E-state index contributed by atoms with van der Waals surface area (Å²) >= 11 is 1.63. The highest BCUT2D eigenvalue weighted by molar-refractivity contribution is 7.13. The number of nitrogens with zero attached hydrogens (tertiary/aromatic N) is 5. The van der Waals surface area contributed by atoms with Crippen LogP contribution in [-0.2, 0) is 0 Å². The highest BCUT2D eigenvalue weighted by atomic mass is 32.1. The van der Waals surface area contributed by atoms with Gasteiger partial charge in [0.05, 0.1) is 21.8 Å². The molecule has 3 aromatic heterocycles. The van der Waals surface area contributed by atoms with Crippen molar-refractivity contribution < 1.29 is 14.3 Å². The van der Waals surface area contributed by atoms with Gasteiger partial charge in [0.2, 0.25) is 11.4 Å². The molecule has 35 heavy (non-hydrogen) atoms. The Kier molecular flexibility index (Phi) is 5.25. The fraction of sp³-hybridized carbons (Fsp3) is 0.280. The predicted octanol–water partition coefficient (Wildman–Crippen LogP) is 4.02. The van der Waals surface area contributed by atoms with Crippen LogP contribution in [0.15, 0.2) is 52.9 Å². The Morgan fingerprint density at radius 2 is 1.89 bits per heavy atom. The van der Waals surface area contributed by atoms with Gasteiger partial charge in [-0.25, -0.2) is 19.2 Å². The molecule has 1 aromatic carbocycles. The van der Waals surface area contributed by atoms with Crippen LogP contribution < -0.4 is 15.2 Å². The highest BCUT2D eigenvalue weighted by Gasteiger charge is 2.29. The van der Waals surface area contributed by atoms with E-state index in [1.165, 1.54) is 12.3 Å². The van der Waals surface area contributed by atoms with Crippen molar-refractivity contribution in [2.24, 2.45) is 0 Å². The lowest BCUT2D eigenvalue weighted by Gasteiger charge is -2.36. The summed E-state index contributed by atoms with van der Waals surface area (Å²) in [6, 6.07) is 8.93. The lowest BCUT2D eigenvalue weighted by atomic mass is 10.1. The Morgan fingerprint density at radius 1 is 1.11 bits per heavy atom. The molecule has 6 rings (SSSR count). The van der Waals surface area contributed by atoms with Crippen LogP contribution in [0.1, 0.15) is 29.2 Å². The van der Waals surface area contributed by atoms with Gasteiger partial charge in [0, 0.05) is 50.0 Å². The lowest BCUT2D eigenvalue weighted by Crippen LogP contribution is -2.47. The van der Waals surface area contributed by atoms with Gasteiger partial charge in [-0.05, 0) is 42.5 Å². The fourth-order valence-electron chi connectivity index (χ4n) is 4.62. The molecule has 0 bridgehead atoms. The number of carboxylic acids is 1. The Balaban J connectivity index is 1.29. The fourth-order valence-corrected chi connectivity index (χ4v) is 5.31. The van der Waals surface area contributed by atoms with Crippen molar-refractivity contribution in [1.29, 1.82) is 0 Å². The molecular formula is C25H22FN5O3S. The molecule has 0 radical (unpaired) electrons. The third-order valence-corrected chi connectivity index (χ3v) is 7.48. The summed E-state index contributed by atoms with van der Waals surface area (Å²) in [6.07, 6.45) is 4.98. The Morgan fingerprint density at radius 3 is 2.57 bits per heavy atom. The molecule has 0 amide bonds. The number of halogens is 1. The summed E-state index contributed by atoms with van der Waals surface area (Å²) in [4.78, 5) is 38.6. The van der Waals surface area contributed by atoms with Gasteiger partial charge in [-0.2, -0.15) is 0 Å². The first-order valence-electron chi connectivity index (χ1n) is 11.5. The van der Waals surface area contributed by atoms with E-state index < -0.39 is 17.2 Å². The second-order valence-corrected chi connectivity index (χ2v) is 9.78. The van der Waals surface area contributed by atoms with Gasteiger partial charge in [0.25, 0.3) is 0 Å². The van der Waals surface area contributed by atoms with Gasteiger partial charge in [-0.1, -0.05) is 6.07 Å². The summed E-state index contributed by atoms with van der Waals surface area (Å²) < 4.78 is 17.0. The number of rotatable bonds is 5. The molecule has 0 atom stereocenters. The number of carbonyl (C=O) groups is 1. The third kappa shape index (κ3) is 3.93. The maximum atomic E-state index is 15.2. The molecule has 2 fully saturated rings. The van der Waals surface area contributed by atoms with Crippen LogP contribution in [0.25, 0.3) is 21.5 Å². The van der Waals surface area contributed by atoms with Crippen LogP contribution in [0.4, 0.5) is 16.0 Å². The van der Waals surface area contributed by atoms with E-state index >= 15 is 4.39 Å². The van der Waals surface area contributed by atoms with Crippen LogP contribution in [0.5, 0.6) is 0 Å². The van der Waals surface area contributed by atoms with Gasteiger partial charge in [0.15, 0.2) is 0 Å². The number of piperazine rings is 1. The van der Waals surface area contributed by atoms with Crippen molar-refractivity contribution in [3.05, 3.63) is 69.7 Å². The van der Waals surface area contributed by atoms with Crippen LogP contribution in [0.3, 0.4) is 0 Å². The second-order valence-electron chi connectivity index (χ2n) is 8.83. The molecule has 4 heterocycles. The van der Waals surface area contributed by atoms with E-state index in [0.717, 1.165) is 23.4 Å². The minimum Gasteiger partial charge on any atom is -0.477 e. The number of hydrogen-bond acceptors (Lipinski definition) is 7. The van der Waals surface area contributed by atoms with Crippen LogP contribution in [-0.4, -0.2) is 51.8 Å². The molecule has 0 unspecified atom stereocenters. The summed E-state index contributed by atoms with van der Waals surface area (Å²) in [5, 5.41) is 11.6. The molecule has 10 heteroatoms. The summed E-state index contributed by atoms with van der Waals surface area (Å²) in [7, 11) is 0. The molecule has 1 aliphatic heterocycles. The molecule has 8 nitrogen and oxygen atoms in total. The molecule has 4 aromatic rings. The molecule has 1 aliphatic carbocycles. The molecule has 0 spiro atoms.